The summed E-state index contributed by atoms with van der Waals surface area (Å²) in [5.74, 6) is 0.997. The van der Waals surface area contributed by atoms with Gasteiger partial charge < -0.3 is 25.4 Å². The molecule has 7 heteroatoms. The Morgan fingerprint density at radius 1 is 1.07 bits per heavy atom. The lowest BCUT2D eigenvalue weighted by Gasteiger charge is -2.30. The van der Waals surface area contributed by atoms with Crippen LogP contribution in [-0.2, 0) is 4.79 Å². The summed E-state index contributed by atoms with van der Waals surface area (Å²) in [4.78, 5) is 13.0. The van der Waals surface area contributed by atoms with Gasteiger partial charge in [-0.15, -0.1) is 0 Å². The van der Waals surface area contributed by atoms with Crippen LogP contribution in [0.15, 0.2) is 59.8 Å². The van der Waals surface area contributed by atoms with E-state index in [1.165, 1.54) is 0 Å². The van der Waals surface area contributed by atoms with E-state index in [0.29, 0.717) is 27.9 Å². The minimum absolute atomic E-state index is 0.207. The summed E-state index contributed by atoms with van der Waals surface area (Å²) in [6.45, 7) is 1.83. The van der Waals surface area contributed by atoms with Crippen LogP contribution in [0.3, 0.4) is 0 Å². The summed E-state index contributed by atoms with van der Waals surface area (Å²) in [5, 5.41) is 9.60. The molecule has 0 fully saturated rings. The Kier molecular flexibility index (Phi) is 5.61. The number of allylic oxidation sites excluding steroid dienone is 1. The molecule has 0 aromatic heterocycles. The van der Waals surface area contributed by atoms with E-state index in [4.69, 9.17) is 21.7 Å². The second-order valence-corrected chi connectivity index (χ2v) is 6.41. The molecule has 140 valence electrons. The number of rotatable bonds is 5. The van der Waals surface area contributed by atoms with E-state index in [9.17, 15) is 4.79 Å². The van der Waals surface area contributed by atoms with Crippen molar-refractivity contribution in [3.8, 4) is 11.5 Å². The van der Waals surface area contributed by atoms with Crippen molar-refractivity contribution in [2.24, 2.45) is 0 Å². The average molecular weight is 383 g/mol. The maximum atomic E-state index is 13.0. The number of thiocarbonyl (C=S) groups is 1. The number of benzene rings is 2. The molecule has 0 bridgehead atoms. The zero-order valence-corrected chi connectivity index (χ0v) is 16.1. The van der Waals surface area contributed by atoms with Gasteiger partial charge in [0.05, 0.1) is 25.8 Å². The van der Waals surface area contributed by atoms with Gasteiger partial charge in [-0.3, -0.25) is 4.79 Å². The fourth-order valence-electron chi connectivity index (χ4n) is 3.00. The summed E-state index contributed by atoms with van der Waals surface area (Å²) < 4.78 is 10.7. The number of hydrogen-bond acceptors (Lipinski definition) is 4. The van der Waals surface area contributed by atoms with Crippen LogP contribution in [0.25, 0.3) is 0 Å². The molecule has 1 unspecified atom stereocenters. The molecule has 0 aliphatic carbocycles. The first-order valence-corrected chi connectivity index (χ1v) is 8.81. The largest absolute Gasteiger partial charge is 0.493 e. The van der Waals surface area contributed by atoms with E-state index in [1.54, 1.807) is 14.2 Å². The van der Waals surface area contributed by atoms with E-state index >= 15 is 0 Å². The molecule has 1 amide bonds. The van der Waals surface area contributed by atoms with E-state index in [-0.39, 0.29) is 5.91 Å². The van der Waals surface area contributed by atoms with Gasteiger partial charge in [-0.25, -0.2) is 0 Å². The molecule has 1 aliphatic heterocycles. The highest BCUT2D eigenvalue weighted by Crippen LogP contribution is 2.34. The van der Waals surface area contributed by atoms with Crippen molar-refractivity contribution in [3.63, 3.8) is 0 Å². The summed E-state index contributed by atoms with van der Waals surface area (Å²) in [6.07, 6.45) is 0. The number of carbonyl (C=O) groups is 1. The Bertz CT molecular complexity index is 897. The molecule has 27 heavy (non-hydrogen) atoms. The Morgan fingerprint density at radius 2 is 1.78 bits per heavy atom. The molecule has 1 aliphatic rings. The second-order valence-electron chi connectivity index (χ2n) is 6.00. The first kappa shape index (κ1) is 18.7. The lowest BCUT2D eigenvalue weighted by molar-refractivity contribution is -0.113. The van der Waals surface area contributed by atoms with Crippen molar-refractivity contribution in [1.82, 2.24) is 10.6 Å². The van der Waals surface area contributed by atoms with Gasteiger partial charge in [0.25, 0.3) is 5.91 Å². The van der Waals surface area contributed by atoms with E-state index in [0.717, 1.165) is 11.3 Å². The number of nitrogens with one attached hydrogen (secondary N) is 3. The summed E-state index contributed by atoms with van der Waals surface area (Å²) in [7, 11) is 3.16. The number of amides is 1. The molecular weight excluding hydrogens is 362 g/mol. The summed E-state index contributed by atoms with van der Waals surface area (Å²) >= 11 is 5.29. The Hall–Kier alpha value is -3.06. The molecule has 2 aromatic carbocycles. The average Bonchev–Trinajstić information content (AvgIpc) is 2.67. The number of ether oxygens (including phenoxy) is 2. The van der Waals surface area contributed by atoms with Crippen LogP contribution in [-0.4, -0.2) is 25.2 Å². The molecule has 1 atom stereocenters. The first-order chi connectivity index (χ1) is 13.0. The van der Waals surface area contributed by atoms with Crippen molar-refractivity contribution in [1.29, 1.82) is 0 Å². The minimum Gasteiger partial charge on any atom is -0.493 e. The maximum absolute atomic E-state index is 13.0. The van der Waals surface area contributed by atoms with E-state index < -0.39 is 6.04 Å². The molecule has 0 saturated heterocycles. The topological polar surface area (TPSA) is 71.6 Å². The maximum Gasteiger partial charge on any atom is 0.255 e. The van der Waals surface area contributed by atoms with Gasteiger partial charge in [0.15, 0.2) is 16.6 Å². The zero-order valence-electron chi connectivity index (χ0n) is 15.3. The van der Waals surface area contributed by atoms with Gasteiger partial charge >= 0.3 is 0 Å². The SMILES string of the molecule is COc1ccc(C2NC(=S)NC(C)=C2C(=O)Nc2ccccc2)cc1OC. The fraction of sp³-hybridized carbons (Fsp3) is 0.200. The van der Waals surface area contributed by atoms with Crippen molar-refractivity contribution in [2.45, 2.75) is 13.0 Å². The predicted octanol–water partition coefficient (Wildman–Crippen LogP) is 3.14. The third-order valence-electron chi connectivity index (χ3n) is 4.29. The zero-order chi connectivity index (χ0) is 19.4. The third-order valence-corrected chi connectivity index (χ3v) is 4.51. The van der Waals surface area contributed by atoms with Crippen molar-refractivity contribution in [3.05, 3.63) is 65.4 Å². The summed E-state index contributed by atoms with van der Waals surface area (Å²) in [5.41, 5.74) is 2.82. The normalized spacial score (nSPS) is 16.3. The highest BCUT2D eigenvalue weighted by Gasteiger charge is 2.30. The second kappa shape index (κ2) is 8.09. The highest BCUT2D eigenvalue weighted by molar-refractivity contribution is 7.80. The van der Waals surface area contributed by atoms with Crippen molar-refractivity contribution < 1.29 is 14.3 Å². The van der Waals surface area contributed by atoms with Crippen LogP contribution in [0.1, 0.15) is 18.5 Å². The van der Waals surface area contributed by atoms with E-state index in [1.807, 2.05) is 55.5 Å². The van der Waals surface area contributed by atoms with Crippen LogP contribution in [0.2, 0.25) is 0 Å². The molecular formula is C20H21N3O3S. The van der Waals surface area contributed by atoms with Gasteiger partial charge in [-0.2, -0.15) is 0 Å². The highest BCUT2D eigenvalue weighted by atomic mass is 32.1. The van der Waals surface area contributed by atoms with Crippen molar-refractivity contribution >= 4 is 28.9 Å². The molecule has 2 aromatic rings. The third kappa shape index (κ3) is 4.03. The summed E-state index contributed by atoms with van der Waals surface area (Å²) in [6, 6.07) is 14.4. The number of carbonyl (C=O) groups excluding carboxylic acids is 1. The van der Waals surface area contributed by atoms with Crippen molar-refractivity contribution in [2.75, 3.05) is 19.5 Å². The first-order valence-electron chi connectivity index (χ1n) is 8.40. The Balaban J connectivity index is 1.98. The number of methoxy groups -OCH3 is 2. The van der Waals surface area contributed by atoms with Crippen LogP contribution in [0, 0.1) is 0 Å². The molecule has 0 radical (unpaired) electrons. The minimum atomic E-state index is -0.415. The number of para-hydroxylation sites is 1. The molecule has 0 saturated carbocycles. The van der Waals surface area contributed by atoms with Crippen LogP contribution >= 0.6 is 12.2 Å². The van der Waals surface area contributed by atoms with E-state index in [2.05, 4.69) is 16.0 Å². The van der Waals surface area contributed by atoms with Gasteiger partial charge in [0.2, 0.25) is 0 Å². The quantitative estimate of drug-likeness (QED) is 0.689. The number of anilines is 1. The Labute approximate surface area is 163 Å². The molecule has 3 N–H and O–H groups in total. The fourth-order valence-corrected chi connectivity index (χ4v) is 3.27. The molecule has 3 rings (SSSR count). The lowest BCUT2D eigenvalue weighted by atomic mass is 9.94. The van der Waals surface area contributed by atoms with Gasteiger partial charge in [-0.1, -0.05) is 24.3 Å². The predicted molar refractivity (Wildman–Crippen MR) is 109 cm³/mol. The monoisotopic (exact) mass is 383 g/mol. The van der Waals surface area contributed by atoms with Gasteiger partial charge in [-0.05, 0) is 49.0 Å². The smallest absolute Gasteiger partial charge is 0.255 e. The Morgan fingerprint density at radius 3 is 2.44 bits per heavy atom. The van der Waals surface area contributed by atoms with Crippen LogP contribution in [0.5, 0.6) is 11.5 Å². The standard InChI is InChI=1S/C20H21N3O3S/c1-12-17(19(24)22-14-7-5-4-6-8-14)18(23-20(27)21-12)13-9-10-15(25-2)16(11-13)26-3/h4-11,18H,1-3H3,(H,22,24)(H2,21,23,27). The van der Waals surface area contributed by atoms with Gasteiger partial charge in [0.1, 0.15) is 0 Å². The molecule has 1 heterocycles. The number of hydrogen-bond donors (Lipinski definition) is 3. The molecule has 6 nitrogen and oxygen atoms in total. The molecule has 0 spiro atoms. The van der Waals surface area contributed by atoms with Crippen LogP contribution in [0.4, 0.5) is 5.69 Å². The van der Waals surface area contributed by atoms with Gasteiger partial charge in [0, 0.05) is 11.4 Å². The van der Waals surface area contributed by atoms with Crippen LogP contribution < -0.4 is 25.4 Å². The lowest BCUT2D eigenvalue weighted by Crippen LogP contribution is -2.45.